The number of hydrogen-bond acceptors (Lipinski definition) is 2. The van der Waals surface area contributed by atoms with Crippen LogP contribution in [0.25, 0.3) is 0 Å². The Labute approximate surface area is 115 Å². The van der Waals surface area contributed by atoms with E-state index in [9.17, 15) is 4.79 Å². The van der Waals surface area contributed by atoms with Crippen molar-refractivity contribution in [3.05, 3.63) is 35.9 Å². The molecule has 18 heavy (non-hydrogen) atoms. The molecule has 0 radical (unpaired) electrons. The van der Waals surface area contributed by atoms with E-state index in [1.54, 1.807) is 0 Å². The van der Waals surface area contributed by atoms with Gasteiger partial charge >= 0.3 is 0 Å². The number of benzene rings is 1. The molecule has 0 saturated heterocycles. The van der Waals surface area contributed by atoms with Crippen LogP contribution >= 0.6 is 11.8 Å². The summed E-state index contributed by atoms with van der Waals surface area (Å²) in [5, 5.41) is 0.195. The van der Waals surface area contributed by atoms with Crippen molar-refractivity contribution in [3.8, 4) is 0 Å². The van der Waals surface area contributed by atoms with Crippen LogP contribution in [-0.4, -0.2) is 29.5 Å². The minimum absolute atomic E-state index is 0.195. The molecule has 0 aliphatic rings. The average Bonchev–Trinajstić information content (AvgIpc) is 2.39. The average molecular weight is 265 g/mol. The molecular formula is C15H23NOS. The van der Waals surface area contributed by atoms with Crippen molar-refractivity contribution >= 4 is 17.0 Å². The summed E-state index contributed by atoms with van der Waals surface area (Å²) >= 11 is 1.39. The van der Waals surface area contributed by atoms with Crippen molar-refractivity contribution in [3.63, 3.8) is 0 Å². The summed E-state index contributed by atoms with van der Waals surface area (Å²) in [5.41, 5.74) is 1.41. The van der Waals surface area contributed by atoms with E-state index in [-0.39, 0.29) is 5.24 Å². The molecule has 2 nitrogen and oxygen atoms in total. The number of unbranched alkanes of at least 4 members (excludes halogenated alkanes) is 2. The fraction of sp³-hybridized carbons (Fsp3) is 0.533. The monoisotopic (exact) mass is 265 g/mol. The van der Waals surface area contributed by atoms with Gasteiger partial charge < -0.3 is 4.90 Å². The van der Waals surface area contributed by atoms with Gasteiger partial charge in [0, 0.05) is 13.6 Å². The van der Waals surface area contributed by atoms with E-state index in [0.29, 0.717) is 0 Å². The van der Waals surface area contributed by atoms with Gasteiger partial charge in [-0.2, -0.15) is 0 Å². The summed E-state index contributed by atoms with van der Waals surface area (Å²) in [6, 6.07) is 10.6. The summed E-state index contributed by atoms with van der Waals surface area (Å²) in [5.74, 6) is 0.858. The lowest BCUT2D eigenvalue weighted by atomic mass is 10.1. The highest BCUT2D eigenvalue weighted by Crippen LogP contribution is 2.09. The van der Waals surface area contributed by atoms with Gasteiger partial charge in [0.05, 0.1) is 0 Å². The van der Waals surface area contributed by atoms with E-state index in [1.165, 1.54) is 30.2 Å². The third kappa shape index (κ3) is 6.10. The van der Waals surface area contributed by atoms with E-state index < -0.39 is 0 Å². The largest absolute Gasteiger partial charge is 0.337 e. The maximum Gasteiger partial charge on any atom is 0.281 e. The van der Waals surface area contributed by atoms with Crippen LogP contribution in [0.4, 0.5) is 4.79 Å². The number of nitrogens with zero attached hydrogens (tertiary/aromatic N) is 1. The highest BCUT2D eigenvalue weighted by atomic mass is 32.2. The van der Waals surface area contributed by atoms with Gasteiger partial charge in [-0.25, -0.2) is 0 Å². The molecule has 0 N–H and O–H groups in total. The smallest absolute Gasteiger partial charge is 0.281 e. The highest BCUT2D eigenvalue weighted by Gasteiger charge is 2.06. The normalized spacial score (nSPS) is 10.3. The number of rotatable bonds is 7. The van der Waals surface area contributed by atoms with Gasteiger partial charge in [-0.15, -0.1) is 0 Å². The quantitative estimate of drug-likeness (QED) is 0.688. The third-order valence-electron chi connectivity index (χ3n) is 2.88. The summed E-state index contributed by atoms with van der Waals surface area (Å²) in [4.78, 5) is 13.3. The maximum atomic E-state index is 11.5. The fourth-order valence-electron chi connectivity index (χ4n) is 1.82. The summed E-state index contributed by atoms with van der Waals surface area (Å²) in [6.45, 7) is 2.89. The van der Waals surface area contributed by atoms with Gasteiger partial charge in [-0.3, -0.25) is 4.79 Å². The van der Waals surface area contributed by atoms with Gasteiger partial charge in [-0.1, -0.05) is 55.4 Å². The number of aryl methyl sites for hydroxylation is 1. The van der Waals surface area contributed by atoms with E-state index in [1.807, 2.05) is 18.9 Å². The minimum Gasteiger partial charge on any atom is -0.337 e. The van der Waals surface area contributed by atoms with Gasteiger partial charge in [0.15, 0.2) is 0 Å². The lowest BCUT2D eigenvalue weighted by molar-refractivity contribution is 0.232. The Morgan fingerprint density at radius 2 is 1.89 bits per heavy atom. The van der Waals surface area contributed by atoms with Crippen LogP contribution in [0.5, 0.6) is 0 Å². The van der Waals surface area contributed by atoms with Crippen LogP contribution in [0.15, 0.2) is 30.3 Å². The number of thioether (sulfide) groups is 1. The Balaban J connectivity index is 2.07. The molecule has 0 aromatic heterocycles. The summed E-state index contributed by atoms with van der Waals surface area (Å²) < 4.78 is 0. The molecule has 0 bridgehead atoms. The Kier molecular flexibility index (Phi) is 7.58. The first-order valence-electron chi connectivity index (χ1n) is 6.66. The molecule has 0 aliphatic carbocycles. The molecule has 100 valence electrons. The Morgan fingerprint density at radius 1 is 1.17 bits per heavy atom. The van der Waals surface area contributed by atoms with Gasteiger partial charge in [0.25, 0.3) is 5.24 Å². The van der Waals surface area contributed by atoms with Crippen LogP contribution in [0.1, 0.15) is 31.7 Å². The predicted molar refractivity (Wildman–Crippen MR) is 80.2 cm³/mol. The molecule has 1 rings (SSSR count). The second-order valence-corrected chi connectivity index (χ2v) is 5.63. The Morgan fingerprint density at radius 3 is 2.56 bits per heavy atom. The molecule has 3 heteroatoms. The molecule has 0 aliphatic heterocycles. The first-order chi connectivity index (χ1) is 8.74. The van der Waals surface area contributed by atoms with Gasteiger partial charge in [0.1, 0.15) is 0 Å². The number of carbonyl (C=O) groups is 1. The standard InChI is InChI=1S/C15H23NOS/c1-3-18-15(17)16(2)13-9-5-8-12-14-10-6-4-7-11-14/h4,6-7,10-11H,3,5,8-9,12-13H2,1-2H3. The lowest BCUT2D eigenvalue weighted by Gasteiger charge is -2.15. The number of amides is 1. The van der Waals surface area contributed by atoms with E-state index in [2.05, 4.69) is 30.3 Å². The molecule has 0 atom stereocenters. The summed E-state index contributed by atoms with van der Waals surface area (Å²) in [7, 11) is 1.89. The minimum atomic E-state index is 0.195. The first-order valence-corrected chi connectivity index (χ1v) is 7.64. The van der Waals surface area contributed by atoms with Crippen molar-refractivity contribution in [2.45, 2.75) is 32.6 Å². The van der Waals surface area contributed by atoms with Crippen LogP contribution in [0, 0.1) is 0 Å². The molecule has 1 aromatic rings. The second-order valence-electron chi connectivity index (χ2n) is 4.42. The zero-order chi connectivity index (χ0) is 13.2. The third-order valence-corrected chi connectivity index (χ3v) is 3.73. The number of carbonyl (C=O) groups excluding carboxylic acids is 1. The van der Waals surface area contributed by atoms with Crippen molar-refractivity contribution in [2.75, 3.05) is 19.3 Å². The molecule has 0 saturated carbocycles. The highest BCUT2D eigenvalue weighted by molar-refractivity contribution is 8.13. The fourth-order valence-corrected chi connectivity index (χ4v) is 2.38. The van der Waals surface area contributed by atoms with Crippen LogP contribution in [0.2, 0.25) is 0 Å². The van der Waals surface area contributed by atoms with Crippen molar-refractivity contribution < 1.29 is 4.79 Å². The van der Waals surface area contributed by atoms with E-state index in [4.69, 9.17) is 0 Å². The zero-order valence-corrected chi connectivity index (χ0v) is 12.2. The van der Waals surface area contributed by atoms with Gasteiger partial charge in [0.2, 0.25) is 0 Å². The molecule has 1 amide bonds. The lowest BCUT2D eigenvalue weighted by Crippen LogP contribution is -2.23. The van der Waals surface area contributed by atoms with Crippen LogP contribution in [-0.2, 0) is 6.42 Å². The maximum absolute atomic E-state index is 11.5. The summed E-state index contributed by atoms with van der Waals surface area (Å²) in [6.07, 6.45) is 4.62. The Bertz CT molecular complexity index is 340. The zero-order valence-electron chi connectivity index (χ0n) is 11.4. The van der Waals surface area contributed by atoms with E-state index in [0.717, 1.165) is 25.1 Å². The molecular weight excluding hydrogens is 242 g/mol. The van der Waals surface area contributed by atoms with Gasteiger partial charge in [-0.05, 0) is 30.6 Å². The second kappa shape index (κ2) is 9.03. The SMILES string of the molecule is CCSC(=O)N(C)CCCCCc1ccccc1. The molecule has 0 spiro atoms. The van der Waals surface area contributed by atoms with E-state index >= 15 is 0 Å². The Hall–Kier alpha value is -0.960. The predicted octanol–water partition coefficient (Wildman–Crippen LogP) is 4.20. The van der Waals surface area contributed by atoms with Crippen LogP contribution in [0.3, 0.4) is 0 Å². The molecule has 0 heterocycles. The molecule has 1 aromatic carbocycles. The number of hydrogen-bond donors (Lipinski definition) is 0. The van der Waals surface area contributed by atoms with Crippen molar-refractivity contribution in [2.24, 2.45) is 0 Å². The molecule has 0 fully saturated rings. The van der Waals surface area contributed by atoms with Crippen molar-refractivity contribution in [1.29, 1.82) is 0 Å². The topological polar surface area (TPSA) is 20.3 Å². The first kappa shape index (κ1) is 15.1. The van der Waals surface area contributed by atoms with Crippen molar-refractivity contribution in [1.82, 2.24) is 4.90 Å². The van der Waals surface area contributed by atoms with Crippen LogP contribution < -0.4 is 0 Å². The molecule has 0 unspecified atom stereocenters.